The first-order valence-corrected chi connectivity index (χ1v) is 7.02. The summed E-state index contributed by atoms with van der Waals surface area (Å²) in [6.45, 7) is 0.531. The Morgan fingerprint density at radius 2 is 2.10 bits per heavy atom. The van der Waals surface area contributed by atoms with Gasteiger partial charge in [-0.2, -0.15) is 0 Å². The predicted molar refractivity (Wildman–Crippen MR) is 71.4 cm³/mol. The summed E-state index contributed by atoms with van der Waals surface area (Å²) in [5, 5.41) is 9.54. The number of nitrogens with zero attached hydrogens (tertiary/aromatic N) is 1. The van der Waals surface area contributed by atoms with Crippen molar-refractivity contribution in [3.05, 3.63) is 29.3 Å². The number of carbonyl (C=O) groups is 1. The van der Waals surface area contributed by atoms with Gasteiger partial charge in [0.25, 0.3) is 11.8 Å². The zero-order valence-electron chi connectivity index (χ0n) is 11.3. The number of halogens is 2. The molecule has 110 valence electrons. The monoisotopic (exact) mass is 293 g/mol. The summed E-state index contributed by atoms with van der Waals surface area (Å²) in [4.78, 5) is 13.8. The van der Waals surface area contributed by atoms with Gasteiger partial charge >= 0.3 is 7.12 Å². The molecular formula is C14H14BF2NO3. The number of benzene rings is 1. The maximum Gasteiger partial charge on any atom is 0.491 e. The molecule has 1 spiro atoms. The lowest BCUT2D eigenvalue weighted by Crippen LogP contribution is -2.70. The van der Waals surface area contributed by atoms with Gasteiger partial charge in [0.2, 0.25) is 0 Å². The van der Waals surface area contributed by atoms with Crippen LogP contribution in [0.3, 0.4) is 0 Å². The molecule has 0 aromatic heterocycles. The molecule has 1 N–H and O–H groups in total. The molecule has 2 fully saturated rings. The van der Waals surface area contributed by atoms with Crippen LogP contribution in [0.4, 0.5) is 8.78 Å². The Kier molecular flexibility index (Phi) is 2.55. The molecule has 2 aliphatic heterocycles. The second-order valence-corrected chi connectivity index (χ2v) is 6.22. The third-order valence-electron chi connectivity index (χ3n) is 5.02. The Hall–Kier alpha value is -1.47. The molecule has 1 amide bonds. The topological polar surface area (TPSA) is 49.8 Å². The van der Waals surface area contributed by atoms with E-state index in [1.54, 1.807) is 18.2 Å². The normalized spacial score (nSPS) is 24.5. The van der Waals surface area contributed by atoms with Crippen LogP contribution in [0.1, 0.15) is 28.8 Å². The van der Waals surface area contributed by atoms with Gasteiger partial charge in [-0.05, 0) is 29.6 Å². The average Bonchev–Trinajstić information content (AvgIpc) is 2.77. The van der Waals surface area contributed by atoms with Gasteiger partial charge in [0.15, 0.2) is 0 Å². The van der Waals surface area contributed by atoms with Crippen molar-refractivity contribution in [1.82, 2.24) is 4.90 Å². The van der Waals surface area contributed by atoms with Gasteiger partial charge in [-0.25, -0.2) is 8.78 Å². The predicted octanol–water partition coefficient (Wildman–Crippen LogP) is 0.776. The van der Waals surface area contributed by atoms with E-state index in [1.807, 2.05) is 0 Å². The minimum absolute atomic E-state index is 0.0664. The molecule has 0 bridgehead atoms. The lowest BCUT2D eigenvalue weighted by atomic mass is 9.60. The minimum atomic E-state index is -2.63. The SMILES string of the molecule is O=C(c1ccc2c(c1)COB2O)N1CC2(CCC2(F)F)C1. The van der Waals surface area contributed by atoms with Crippen molar-refractivity contribution in [2.75, 3.05) is 13.1 Å². The first kappa shape index (κ1) is 13.2. The molecule has 1 aliphatic carbocycles. The Morgan fingerprint density at radius 1 is 1.33 bits per heavy atom. The summed E-state index contributed by atoms with van der Waals surface area (Å²) in [5.74, 6) is -2.85. The molecule has 1 saturated heterocycles. The Morgan fingerprint density at radius 3 is 2.71 bits per heavy atom. The van der Waals surface area contributed by atoms with Crippen LogP contribution in [0.15, 0.2) is 18.2 Å². The van der Waals surface area contributed by atoms with E-state index in [0.717, 1.165) is 5.56 Å². The fourth-order valence-corrected chi connectivity index (χ4v) is 3.43. The lowest BCUT2D eigenvalue weighted by molar-refractivity contribution is -0.248. The maximum absolute atomic E-state index is 13.5. The van der Waals surface area contributed by atoms with Crippen LogP contribution < -0.4 is 5.46 Å². The maximum atomic E-state index is 13.5. The summed E-state index contributed by atoms with van der Waals surface area (Å²) in [7, 11) is -0.940. The van der Waals surface area contributed by atoms with Gasteiger partial charge in [-0.1, -0.05) is 6.07 Å². The van der Waals surface area contributed by atoms with Crippen LogP contribution in [-0.2, 0) is 11.3 Å². The quantitative estimate of drug-likeness (QED) is 0.778. The van der Waals surface area contributed by atoms with E-state index in [9.17, 15) is 18.6 Å². The smallest absolute Gasteiger partial charge is 0.423 e. The molecule has 4 rings (SSSR count). The van der Waals surface area contributed by atoms with Gasteiger partial charge in [0.05, 0.1) is 12.0 Å². The van der Waals surface area contributed by atoms with E-state index in [4.69, 9.17) is 4.65 Å². The van der Waals surface area contributed by atoms with E-state index in [2.05, 4.69) is 0 Å². The minimum Gasteiger partial charge on any atom is -0.423 e. The Bertz CT molecular complexity index is 631. The number of amides is 1. The van der Waals surface area contributed by atoms with Crippen molar-refractivity contribution in [2.45, 2.75) is 25.4 Å². The van der Waals surface area contributed by atoms with E-state index >= 15 is 0 Å². The lowest BCUT2D eigenvalue weighted by Gasteiger charge is -2.59. The zero-order chi connectivity index (χ0) is 14.8. The molecule has 4 nitrogen and oxygen atoms in total. The number of hydrogen-bond acceptors (Lipinski definition) is 3. The number of fused-ring (bicyclic) bond motifs is 1. The Balaban J connectivity index is 1.50. The molecule has 3 aliphatic rings. The molecule has 2 heterocycles. The number of alkyl halides is 2. The van der Waals surface area contributed by atoms with Crippen molar-refractivity contribution in [2.24, 2.45) is 5.41 Å². The zero-order valence-corrected chi connectivity index (χ0v) is 11.3. The molecule has 1 aromatic carbocycles. The van der Waals surface area contributed by atoms with Crippen LogP contribution in [0.5, 0.6) is 0 Å². The second kappa shape index (κ2) is 4.05. The summed E-state index contributed by atoms with van der Waals surface area (Å²) < 4.78 is 32.1. The third kappa shape index (κ3) is 1.70. The summed E-state index contributed by atoms with van der Waals surface area (Å²) in [6, 6.07) is 4.95. The van der Waals surface area contributed by atoms with Crippen molar-refractivity contribution < 1.29 is 23.3 Å². The summed E-state index contributed by atoms with van der Waals surface area (Å²) in [6.07, 6.45) is 0.428. The molecule has 0 unspecified atom stereocenters. The number of rotatable bonds is 1. The van der Waals surface area contributed by atoms with Crippen LogP contribution >= 0.6 is 0 Å². The molecular weight excluding hydrogens is 279 g/mol. The van der Waals surface area contributed by atoms with Gasteiger partial charge < -0.3 is 14.6 Å². The standard InChI is InChI=1S/C14H14BF2NO3/c16-14(17)4-3-13(14)7-18(8-13)12(19)9-1-2-11-10(5-9)6-21-15(11)20/h1-2,5,20H,3-4,6-8H2. The largest absolute Gasteiger partial charge is 0.491 e. The van der Waals surface area contributed by atoms with Crippen molar-refractivity contribution in [1.29, 1.82) is 0 Å². The highest BCUT2D eigenvalue weighted by molar-refractivity contribution is 6.61. The van der Waals surface area contributed by atoms with E-state index in [0.29, 0.717) is 17.4 Å². The summed E-state index contributed by atoms with van der Waals surface area (Å²) >= 11 is 0. The first-order chi connectivity index (χ1) is 9.92. The van der Waals surface area contributed by atoms with Crippen molar-refractivity contribution in [3.8, 4) is 0 Å². The van der Waals surface area contributed by atoms with Gasteiger partial charge in [-0.3, -0.25) is 4.79 Å². The van der Waals surface area contributed by atoms with Crippen molar-refractivity contribution in [3.63, 3.8) is 0 Å². The molecule has 21 heavy (non-hydrogen) atoms. The van der Waals surface area contributed by atoms with Crippen LogP contribution in [0.2, 0.25) is 0 Å². The number of hydrogen-bond donors (Lipinski definition) is 1. The average molecular weight is 293 g/mol. The molecule has 0 atom stereocenters. The summed E-state index contributed by atoms with van der Waals surface area (Å²) in [5.41, 5.74) is 0.928. The van der Waals surface area contributed by atoms with Crippen LogP contribution in [0.25, 0.3) is 0 Å². The fourth-order valence-electron chi connectivity index (χ4n) is 3.43. The van der Waals surface area contributed by atoms with Gasteiger partial charge in [0.1, 0.15) is 0 Å². The molecule has 0 radical (unpaired) electrons. The van der Waals surface area contributed by atoms with Crippen molar-refractivity contribution >= 4 is 18.5 Å². The molecule has 1 aromatic rings. The third-order valence-corrected chi connectivity index (χ3v) is 5.02. The fraction of sp³-hybridized carbons (Fsp3) is 0.500. The highest BCUT2D eigenvalue weighted by Crippen LogP contribution is 2.58. The Labute approximate surface area is 120 Å². The molecule has 7 heteroatoms. The second-order valence-electron chi connectivity index (χ2n) is 6.22. The van der Waals surface area contributed by atoms with E-state index in [1.165, 1.54) is 4.90 Å². The highest BCUT2D eigenvalue weighted by atomic mass is 19.3. The van der Waals surface area contributed by atoms with Gasteiger partial charge in [-0.15, -0.1) is 0 Å². The van der Waals surface area contributed by atoms with Crippen LogP contribution in [-0.4, -0.2) is 42.0 Å². The first-order valence-electron chi connectivity index (χ1n) is 7.02. The van der Waals surface area contributed by atoms with Gasteiger partial charge in [0, 0.05) is 25.1 Å². The van der Waals surface area contributed by atoms with Crippen LogP contribution in [0, 0.1) is 5.41 Å². The molecule has 1 saturated carbocycles. The van der Waals surface area contributed by atoms with E-state index in [-0.39, 0.29) is 32.0 Å². The number of carbonyl (C=O) groups excluding carboxylic acids is 1. The highest BCUT2D eigenvalue weighted by Gasteiger charge is 2.67. The number of likely N-dealkylation sites (tertiary alicyclic amines) is 1. The van der Waals surface area contributed by atoms with E-state index < -0.39 is 18.5 Å².